The van der Waals surface area contributed by atoms with Gasteiger partial charge in [0.1, 0.15) is 17.6 Å². The molecule has 0 bridgehead atoms. The van der Waals surface area contributed by atoms with Crippen LogP contribution in [-0.2, 0) is 23.9 Å². The molecule has 2 rings (SSSR count). The smallest absolute Gasteiger partial charge is 0.344 e. The summed E-state index contributed by atoms with van der Waals surface area (Å²) in [5, 5.41) is 8.02. The van der Waals surface area contributed by atoms with E-state index in [1.807, 2.05) is 30.3 Å². The highest BCUT2D eigenvalue weighted by molar-refractivity contribution is 5.77. The molecule has 37 heavy (non-hydrogen) atoms. The fourth-order valence-corrected chi connectivity index (χ4v) is 2.51. The van der Waals surface area contributed by atoms with Crippen molar-refractivity contribution in [3.63, 3.8) is 0 Å². The van der Waals surface area contributed by atoms with Gasteiger partial charge in [0.05, 0.1) is 13.2 Å². The van der Waals surface area contributed by atoms with Crippen molar-refractivity contribution in [2.24, 2.45) is 0 Å². The van der Waals surface area contributed by atoms with Crippen LogP contribution in [0.4, 0.5) is 0 Å². The summed E-state index contributed by atoms with van der Waals surface area (Å²) in [7, 11) is 4.67. The van der Waals surface area contributed by atoms with Gasteiger partial charge in [-0.05, 0) is 29.8 Å². The van der Waals surface area contributed by atoms with Gasteiger partial charge in [0.15, 0.2) is 13.2 Å². The van der Waals surface area contributed by atoms with E-state index in [0.717, 1.165) is 11.3 Å². The minimum absolute atomic E-state index is 0. The van der Waals surface area contributed by atoms with Crippen LogP contribution in [0, 0.1) is 0 Å². The van der Waals surface area contributed by atoms with Gasteiger partial charge in [0.25, 0.3) is 5.91 Å². The van der Waals surface area contributed by atoms with Crippen molar-refractivity contribution in [2.45, 2.75) is 20.5 Å². The Bertz CT molecular complexity index is 950. The van der Waals surface area contributed by atoms with Gasteiger partial charge in [0, 0.05) is 33.8 Å². The number of ether oxygens (including phenoxy) is 4. The van der Waals surface area contributed by atoms with Crippen LogP contribution in [0.3, 0.4) is 0 Å². The fraction of sp³-hybridized carbons (Fsp3) is 0.370. The van der Waals surface area contributed by atoms with E-state index in [4.69, 9.17) is 18.9 Å². The summed E-state index contributed by atoms with van der Waals surface area (Å²) in [5.74, 6) is 0.251. The van der Waals surface area contributed by atoms with Crippen molar-refractivity contribution in [1.29, 1.82) is 0 Å². The molecule has 0 aromatic heterocycles. The van der Waals surface area contributed by atoms with Crippen LogP contribution in [0.15, 0.2) is 61.2 Å². The molecule has 3 N–H and O–H groups in total. The van der Waals surface area contributed by atoms with Crippen LogP contribution in [0.2, 0.25) is 0 Å². The lowest BCUT2D eigenvalue weighted by atomic mass is 10.2. The molecule has 0 saturated heterocycles. The third-order valence-corrected chi connectivity index (χ3v) is 4.50. The molecule has 1 atom stereocenters. The Labute approximate surface area is 219 Å². The molecule has 2 amide bonds. The van der Waals surface area contributed by atoms with E-state index >= 15 is 0 Å². The Hall–Kier alpha value is -4.05. The normalized spacial score (nSPS) is 10.3. The molecule has 10 heteroatoms. The second-order valence-corrected chi connectivity index (χ2v) is 7.32. The lowest BCUT2D eigenvalue weighted by Gasteiger charge is -2.19. The lowest BCUT2D eigenvalue weighted by molar-refractivity contribution is -0.153. The van der Waals surface area contributed by atoms with Gasteiger partial charge in [-0.15, -0.1) is 0 Å². The van der Waals surface area contributed by atoms with Crippen LogP contribution < -0.4 is 25.4 Å². The van der Waals surface area contributed by atoms with Crippen LogP contribution in [0.1, 0.15) is 19.9 Å². The largest absolute Gasteiger partial charge is 0.484 e. The Kier molecular flexibility index (Phi) is 17.1. The molecule has 0 aliphatic rings. The number of esters is 1. The summed E-state index contributed by atoms with van der Waals surface area (Å²) < 4.78 is 21.3. The van der Waals surface area contributed by atoms with E-state index < -0.39 is 12.1 Å². The predicted molar refractivity (Wildman–Crippen MR) is 143 cm³/mol. The number of likely N-dealkylation sites (N-methyl/N-ethyl adjacent to an activating group) is 1. The van der Waals surface area contributed by atoms with Gasteiger partial charge < -0.3 is 34.9 Å². The summed E-state index contributed by atoms with van der Waals surface area (Å²) >= 11 is 0. The molecule has 0 aliphatic carbocycles. The molecule has 10 nitrogen and oxygen atoms in total. The number of benzene rings is 2. The van der Waals surface area contributed by atoms with E-state index in [0.29, 0.717) is 18.0 Å². The topological polar surface area (TPSA) is 124 Å². The minimum Gasteiger partial charge on any atom is -0.484 e. The number of rotatable bonds is 13. The zero-order valence-corrected chi connectivity index (χ0v) is 21.2. The molecule has 204 valence electrons. The van der Waals surface area contributed by atoms with Crippen molar-refractivity contribution in [3.8, 4) is 11.5 Å². The van der Waals surface area contributed by atoms with Crippen molar-refractivity contribution in [3.05, 3.63) is 66.7 Å². The standard InChI is InChI=1S/C23H28N2O6.C3H7NO.CH4/c1-17(18-7-5-4-6-8-18)25-13-21(14-28-3)31-23(27)16-30-20-11-9-19(10-12-20)29-15-22(26)24-2;1-3(5)4-2;/h4-12,21,25H,1,13-16H2,2-3H3,(H,24,26);1-2H3,(H,4,5);1H4. The number of hydrogen-bond acceptors (Lipinski definition) is 8. The average Bonchev–Trinajstić information content (AvgIpc) is 2.90. The molecule has 0 spiro atoms. The molecule has 0 heterocycles. The summed E-state index contributed by atoms with van der Waals surface area (Å²) in [4.78, 5) is 33.1. The zero-order valence-electron chi connectivity index (χ0n) is 21.2. The first-order valence-electron chi connectivity index (χ1n) is 11.2. The predicted octanol–water partition coefficient (Wildman–Crippen LogP) is 2.40. The van der Waals surface area contributed by atoms with Crippen LogP contribution in [-0.4, -0.2) is 71.5 Å². The number of hydrogen-bond donors (Lipinski definition) is 3. The third-order valence-electron chi connectivity index (χ3n) is 4.50. The maximum Gasteiger partial charge on any atom is 0.344 e. The molecule has 0 radical (unpaired) electrons. The number of carbonyl (C=O) groups excluding carboxylic acids is 3. The SMILES string of the molecule is C.C=C(NCC(COC)OC(=O)COc1ccc(OCC(=O)NC)cc1)c1ccccc1.CNC(C)=O. The number of amides is 2. The first-order chi connectivity index (χ1) is 17.3. The Morgan fingerprint density at radius 1 is 0.892 bits per heavy atom. The Morgan fingerprint density at radius 3 is 1.92 bits per heavy atom. The lowest BCUT2D eigenvalue weighted by Crippen LogP contribution is -2.35. The van der Waals surface area contributed by atoms with Gasteiger partial charge in [-0.25, -0.2) is 4.79 Å². The minimum atomic E-state index is -0.519. The second kappa shape index (κ2) is 19.2. The molecular weight excluding hydrogens is 478 g/mol. The van der Waals surface area contributed by atoms with Crippen molar-refractivity contribution in [2.75, 3.05) is 47.6 Å². The highest BCUT2D eigenvalue weighted by Crippen LogP contribution is 2.17. The number of carbonyl (C=O) groups is 3. The van der Waals surface area contributed by atoms with E-state index in [1.165, 1.54) is 21.1 Å². The molecule has 1 unspecified atom stereocenters. The summed E-state index contributed by atoms with van der Waals surface area (Å²) in [6, 6.07) is 16.2. The second-order valence-electron chi connectivity index (χ2n) is 7.32. The van der Waals surface area contributed by atoms with E-state index in [9.17, 15) is 14.4 Å². The van der Waals surface area contributed by atoms with Crippen molar-refractivity contribution >= 4 is 23.5 Å². The maximum absolute atomic E-state index is 12.2. The van der Waals surface area contributed by atoms with Crippen LogP contribution in [0.25, 0.3) is 5.70 Å². The van der Waals surface area contributed by atoms with Gasteiger partial charge in [-0.2, -0.15) is 0 Å². The van der Waals surface area contributed by atoms with Gasteiger partial charge in [0.2, 0.25) is 5.91 Å². The van der Waals surface area contributed by atoms with Gasteiger partial charge in [-0.1, -0.05) is 44.3 Å². The van der Waals surface area contributed by atoms with Crippen molar-refractivity contribution < 1.29 is 33.3 Å². The van der Waals surface area contributed by atoms with Crippen molar-refractivity contribution in [1.82, 2.24) is 16.0 Å². The summed E-state index contributed by atoms with van der Waals surface area (Å²) in [6.45, 7) is 5.73. The highest BCUT2D eigenvalue weighted by Gasteiger charge is 2.15. The van der Waals surface area contributed by atoms with Crippen LogP contribution >= 0.6 is 0 Å². The van der Waals surface area contributed by atoms with E-state index in [1.54, 1.807) is 31.3 Å². The van der Waals surface area contributed by atoms with E-state index in [2.05, 4.69) is 22.5 Å². The fourth-order valence-electron chi connectivity index (χ4n) is 2.51. The Morgan fingerprint density at radius 2 is 1.43 bits per heavy atom. The quantitative estimate of drug-likeness (QED) is 0.346. The molecule has 0 saturated carbocycles. The molecular formula is C27H39N3O7. The first kappa shape index (κ1) is 33.0. The molecule has 0 aliphatic heterocycles. The van der Waals surface area contributed by atoms with Gasteiger partial charge >= 0.3 is 5.97 Å². The zero-order chi connectivity index (χ0) is 26.8. The Balaban J connectivity index is 0.00000196. The van der Waals surface area contributed by atoms with Crippen LogP contribution in [0.5, 0.6) is 11.5 Å². The summed E-state index contributed by atoms with van der Waals surface area (Å²) in [6.07, 6.45) is -0.498. The van der Waals surface area contributed by atoms with Gasteiger partial charge in [-0.3, -0.25) is 9.59 Å². The molecule has 0 fully saturated rings. The molecule has 2 aromatic carbocycles. The third kappa shape index (κ3) is 14.8. The maximum atomic E-state index is 12.2. The molecule has 2 aromatic rings. The monoisotopic (exact) mass is 517 g/mol. The van der Waals surface area contributed by atoms with E-state index in [-0.39, 0.29) is 39.1 Å². The highest BCUT2D eigenvalue weighted by atomic mass is 16.6. The first-order valence-corrected chi connectivity index (χ1v) is 11.2. The number of nitrogens with one attached hydrogen (secondary N) is 3. The number of methoxy groups -OCH3 is 1. The average molecular weight is 518 g/mol. The summed E-state index contributed by atoms with van der Waals surface area (Å²) in [5.41, 5.74) is 1.68.